The van der Waals surface area contributed by atoms with Crippen LogP contribution in [0.25, 0.3) is 5.57 Å². The minimum Gasteiger partial charge on any atom is -0.496 e. The number of ether oxygens (including phenoxy) is 3. The van der Waals surface area contributed by atoms with Crippen molar-refractivity contribution in [3.8, 4) is 5.75 Å². The number of carbonyl (C=O) groups excluding carboxylic acids is 2. The Morgan fingerprint density at radius 1 is 0.978 bits per heavy atom. The van der Waals surface area contributed by atoms with Crippen molar-refractivity contribution >= 4 is 27.3 Å². The van der Waals surface area contributed by atoms with E-state index in [1.165, 1.54) is 7.11 Å². The topological polar surface area (TPSA) is 133 Å². The number of sulfonamides is 1. The molecular weight excluding hydrogens is 594 g/mol. The van der Waals surface area contributed by atoms with Crippen LogP contribution in [0.15, 0.2) is 66.4 Å². The van der Waals surface area contributed by atoms with E-state index in [0.29, 0.717) is 39.3 Å². The van der Waals surface area contributed by atoms with Crippen LogP contribution in [-0.2, 0) is 41.3 Å². The highest BCUT2D eigenvalue weighted by molar-refractivity contribution is 7.89. The Bertz CT molecular complexity index is 1750. The van der Waals surface area contributed by atoms with Gasteiger partial charge in [-0.1, -0.05) is 42.5 Å². The van der Waals surface area contributed by atoms with Crippen LogP contribution in [0.4, 0.5) is 0 Å². The zero-order chi connectivity index (χ0) is 32.5. The summed E-state index contributed by atoms with van der Waals surface area (Å²) in [5.41, 5.74) is 5.27. The maximum Gasteiger partial charge on any atom is 0.239 e. The number of ketones is 1. The molecule has 5 rings (SSSR count). The predicted octanol–water partition coefficient (Wildman–Crippen LogP) is 4.49. The minimum absolute atomic E-state index is 0.131. The summed E-state index contributed by atoms with van der Waals surface area (Å²) in [6.45, 7) is 9.51. The Balaban J connectivity index is 1.42. The second kappa shape index (κ2) is 13.2. The second-order valence-corrected chi connectivity index (χ2v) is 13.5. The van der Waals surface area contributed by atoms with Gasteiger partial charge in [0.2, 0.25) is 15.9 Å². The smallest absolute Gasteiger partial charge is 0.239 e. The molecule has 3 unspecified atom stereocenters. The predicted molar refractivity (Wildman–Crippen MR) is 170 cm³/mol. The number of Topliss-reactive ketones (excluding diaryl/α,β-unsaturated/α-hetero) is 1. The van der Waals surface area contributed by atoms with E-state index in [9.17, 15) is 18.0 Å². The van der Waals surface area contributed by atoms with Gasteiger partial charge < -0.3 is 14.2 Å². The Morgan fingerprint density at radius 3 is 2.40 bits per heavy atom. The number of para-hydroxylation sites is 1. The van der Waals surface area contributed by atoms with Gasteiger partial charge in [-0.15, -0.1) is 0 Å². The largest absolute Gasteiger partial charge is 0.496 e. The molecule has 1 aliphatic heterocycles. The van der Waals surface area contributed by atoms with Gasteiger partial charge >= 0.3 is 0 Å². The van der Waals surface area contributed by atoms with Crippen molar-refractivity contribution in [2.24, 2.45) is 0 Å². The third-order valence-electron chi connectivity index (χ3n) is 7.67. The van der Waals surface area contributed by atoms with E-state index in [0.717, 1.165) is 11.1 Å². The SMILES string of the molecule is COc1ccccc1CC(=O)NS(=O)(=O)Cc1ccc(C2NC(OC(C)C)C3=C2C(=O)C(OC(C)C)c2cccnc23)c(C)c1. The van der Waals surface area contributed by atoms with Gasteiger partial charge in [-0.05, 0) is 63.4 Å². The van der Waals surface area contributed by atoms with Crippen LogP contribution >= 0.6 is 0 Å². The fourth-order valence-corrected chi connectivity index (χ4v) is 7.06. The molecule has 1 aliphatic carbocycles. The molecule has 2 aliphatic rings. The van der Waals surface area contributed by atoms with Crippen molar-refractivity contribution in [1.29, 1.82) is 0 Å². The molecule has 2 heterocycles. The minimum atomic E-state index is -3.99. The number of aryl methyl sites for hydroxylation is 1. The van der Waals surface area contributed by atoms with E-state index in [1.807, 2.05) is 46.8 Å². The summed E-state index contributed by atoms with van der Waals surface area (Å²) in [4.78, 5) is 31.4. The number of carbonyl (C=O) groups is 2. The zero-order valence-corrected chi connectivity index (χ0v) is 27.1. The van der Waals surface area contributed by atoms with Crippen LogP contribution in [0, 0.1) is 6.92 Å². The molecule has 1 aromatic heterocycles. The Hall–Kier alpha value is -3.90. The average molecular weight is 634 g/mol. The lowest BCUT2D eigenvalue weighted by molar-refractivity contribution is -0.130. The lowest BCUT2D eigenvalue weighted by Gasteiger charge is -2.29. The summed E-state index contributed by atoms with van der Waals surface area (Å²) in [7, 11) is -2.50. The maximum absolute atomic E-state index is 14.1. The summed E-state index contributed by atoms with van der Waals surface area (Å²) in [6, 6.07) is 15.4. The number of aromatic nitrogens is 1. The number of hydrogen-bond donors (Lipinski definition) is 2. The lowest BCUT2D eigenvalue weighted by atomic mass is 9.82. The number of benzene rings is 2. The molecule has 2 N–H and O–H groups in total. The quantitative estimate of drug-likeness (QED) is 0.314. The van der Waals surface area contributed by atoms with Crippen molar-refractivity contribution in [2.45, 2.75) is 77.4 Å². The first-order valence-electron chi connectivity index (χ1n) is 14.9. The number of nitrogens with one attached hydrogen (secondary N) is 2. The molecule has 0 spiro atoms. The van der Waals surface area contributed by atoms with Crippen LogP contribution in [0.1, 0.15) is 73.4 Å². The summed E-state index contributed by atoms with van der Waals surface area (Å²) < 4.78 is 45.7. The van der Waals surface area contributed by atoms with E-state index in [-0.39, 0.29) is 24.4 Å². The summed E-state index contributed by atoms with van der Waals surface area (Å²) >= 11 is 0. The molecule has 0 saturated heterocycles. The highest BCUT2D eigenvalue weighted by atomic mass is 32.2. The fourth-order valence-electron chi connectivity index (χ4n) is 5.95. The van der Waals surface area contributed by atoms with Crippen LogP contribution in [-0.4, -0.2) is 50.6 Å². The van der Waals surface area contributed by atoms with Crippen molar-refractivity contribution < 1.29 is 32.2 Å². The van der Waals surface area contributed by atoms with E-state index in [2.05, 4.69) is 15.0 Å². The maximum atomic E-state index is 14.1. The second-order valence-electron chi connectivity index (χ2n) is 11.8. The number of rotatable bonds is 11. The number of methoxy groups -OCH3 is 1. The number of hydrogen-bond acceptors (Lipinski definition) is 9. The van der Waals surface area contributed by atoms with E-state index < -0.39 is 40.1 Å². The normalized spacial score (nSPS) is 19.6. The molecule has 238 valence electrons. The third-order valence-corrected chi connectivity index (χ3v) is 8.92. The first-order chi connectivity index (χ1) is 21.4. The molecule has 0 bridgehead atoms. The van der Waals surface area contributed by atoms with Gasteiger partial charge in [-0.2, -0.15) is 0 Å². The van der Waals surface area contributed by atoms with Gasteiger partial charge in [0, 0.05) is 28.5 Å². The number of fused-ring (bicyclic) bond motifs is 2. The molecule has 11 heteroatoms. The van der Waals surface area contributed by atoms with Crippen molar-refractivity contribution in [1.82, 2.24) is 15.0 Å². The number of nitrogens with zero attached hydrogens (tertiary/aromatic N) is 1. The number of pyridine rings is 1. The molecule has 0 fully saturated rings. The van der Waals surface area contributed by atoms with Crippen LogP contribution in [0.2, 0.25) is 0 Å². The van der Waals surface area contributed by atoms with Gasteiger partial charge in [-0.3, -0.25) is 24.6 Å². The van der Waals surface area contributed by atoms with Crippen LogP contribution < -0.4 is 14.8 Å². The molecule has 0 radical (unpaired) electrons. The van der Waals surface area contributed by atoms with E-state index in [4.69, 9.17) is 14.2 Å². The summed E-state index contributed by atoms with van der Waals surface area (Å²) in [5, 5.41) is 3.49. The molecule has 0 saturated carbocycles. The third kappa shape index (κ3) is 7.01. The summed E-state index contributed by atoms with van der Waals surface area (Å²) in [6.07, 6.45) is -0.156. The molecule has 3 atom stereocenters. The standard InChI is InChI=1S/C34H39N3O7S/c1-19(2)43-33-25-11-9-15-35-30(25)29-28(32(33)39)31(36-34(29)44-20(3)4)24-14-13-22(16-21(24)5)18-45(40,41)37-27(38)17-23-10-7-8-12-26(23)42-6/h7-16,19-20,31,33-34,36H,17-18H2,1-6H3,(H,37,38). The van der Waals surface area contributed by atoms with Crippen molar-refractivity contribution in [2.75, 3.05) is 7.11 Å². The monoisotopic (exact) mass is 633 g/mol. The van der Waals surface area contributed by atoms with Gasteiger partial charge in [0.15, 0.2) is 5.78 Å². The fraction of sp³-hybridized carbons (Fsp3) is 0.382. The zero-order valence-electron chi connectivity index (χ0n) is 26.3. The summed E-state index contributed by atoms with van der Waals surface area (Å²) in [5.74, 6) is -0.692. The molecule has 2 aromatic carbocycles. The molecule has 1 amide bonds. The van der Waals surface area contributed by atoms with Gasteiger partial charge in [0.25, 0.3) is 0 Å². The Kier molecular flexibility index (Phi) is 9.54. The highest BCUT2D eigenvalue weighted by Gasteiger charge is 2.47. The van der Waals surface area contributed by atoms with Gasteiger partial charge in [0.1, 0.15) is 18.1 Å². The van der Waals surface area contributed by atoms with E-state index in [1.54, 1.807) is 48.7 Å². The first-order valence-corrected chi connectivity index (χ1v) is 16.6. The molecular formula is C34H39N3O7S. The van der Waals surface area contributed by atoms with Gasteiger partial charge in [-0.25, -0.2) is 8.42 Å². The highest BCUT2D eigenvalue weighted by Crippen LogP contribution is 2.47. The molecule has 10 nitrogen and oxygen atoms in total. The lowest BCUT2D eigenvalue weighted by Crippen LogP contribution is -2.33. The van der Waals surface area contributed by atoms with Crippen LogP contribution in [0.3, 0.4) is 0 Å². The Labute approximate surface area is 264 Å². The van der Waals surface area contributed by atoms with Gasteiger partial charge in [0.05, 0.1) is 43.2 Å². The Morgan fingerprint density at radius 2 is 1.71 bits per heavy atom. The van der Waals surface area contributed by atoms with Crippen LogP contribution in [0.5, 0.6) is 5.75 Å². The average Bonchev–Trinajstić information content (AvgIpc) is 3.33. The number of amides is 1. The van der Waals surface area contributed by atoms with E-state index >= 15 is 0 Å². The first kappa shape index (κ1) is 32.5. The molecule has 45 heavy (non-hydrogen) atoms. The van der Waals surface area contributed by atoms with Crippen molar-refractivity contribution in [3.05, 3.63) is 99.9 Å². The van der Waals surface area contributed by atoms with Crippen molar-refractivity contribution in [3.63, 3.8) is 0 Å². The molecule has 3 aromatic rings.